The maximum absolute atomic E-state index is 9.43. The molecule has 7 heteroatoms. The number of rotatable bonds is 3. The number of hydrogen-bond acceptors (Lipinski definition) is 4. The first-order valence-corrected chi connectivity index (χ1v) is 6.89. The lowest BCUT2D eigenvalue weighted by molar-refractivity contribution is 0.472. The van der Waals surface area contributed by atoms with Crippen LogP contribution < -0.4 is 0 Å². The molecule has 2 rings (SSSR count). The van der Waals surface area contributed by atoms with Crippen molar-refractivity contribution in [3.63, 3.8) is 0 Å². The summed E-state index contributed by atoms with van der Waals surface area (Å²) in [4.78, 5) is 0. The predicted molar refractivity (Wildman–Crippen MR) is 80.3 cm³/mol. The Labute approximate surface area is 124 Å². The Balaban J connectivity index is 2.35. The Bertz CT molecular complexity index is 675. The number of H-pyrrole nitrogens is 1. The molecule has 19 heavy (non-hydrogen) atoms. The van der Waals surface area contributed by atoms with Crippen LogP contribution in [0.25, 0.3) is 0 Å². The summed E-state index contributed by atoms with van der Waals surface area (Å²) in [5, 5.41) is 20.6. The van der Waals surface area contributed by atoms with Crippen molar-refractivity contribution in [3.8, 4) is 5.75 Å². The minimum Gasteiger partial charge on any atom is -0.507 e. The van der Waals surface area contributed by atoms with Crippen molar-refractivity contribution >= 4 is 34.4 Å². The summed E-state index contributed by atoms with van der Waals surface area (Å²) in [5.41, 5.74) is 0.850. The Kier molecular flexibility index (Phi) is 4.16. The highest BCUT2D eigenvalue weighted by Crippen LogP contribution is 2.23. The summed E-state index contributed by atoms with van der Waals surface area (Å²) < 4.78 is 2.68. The van der Waals surface area contributed by atoms with E-state index in [1.165, 1.54) is 0 Å². The third-order valence-corrected chi connectivity index (χ3v) is 3.39. The summed E-state index contributed by atoms with van der Waals surface area (Å²) in [6.45, 7) is 4.04. The van der Waals surface area contributed by atoms with Crippen molar-refractivity contribution in [3.05, 3.63) is 38.8 Å². The lowest BCUT2D eigenvalue weighted by atomic mass is 10.2. The van der Waals surface area contributed by atoms with Crippen molar-refractivity contribution in [2.24, 2.45) is 5.10 Å². The molecule has 0 fully saturated rings. The molecule has 0 unspecified atom stereocenters. The van der Waals surface area contributed by atoms with Gasteiger partial charge in [0, 0.05) is 5.92 Å². The van der Waals surface area contributed by atoms with Gasteiger partial charge in [0.05, 0.1) is 10.7 Å². The zero-order valence-electron chi connectivity index (χ0n) is 10.5. The van der Waals surface area contributed by atoms with Gasteiger partial charge in [-0.05, 0) is 51.9 Å². The maximum atomic E-state index is 9.43. The molecule has 0 aliphatic carbocycles. The lowest BCUT2D eigenvalue weighted by Gasteiger charge is -2.03. The van der Waals surface area contributed by atoms with Gasteiger partial charge < -0.3 is 5.11 Å². The molecule has 0 radical (unpaired) electrons. The number of nitrogens with one attached hydrogen (secondary N) is 1. The fourth-order valence-corrected chi connectivity index (χ4v) is 2.10. The number of aromatic hydroxyl groups is 1. The molecule has 100 valence electrons. The van der Waals surface area contributed by atoms with Crippen LogP contribution >= 0.6 is 28.1 Å². The summed E-state index contributed by atoms with van der Waals surface area (Å²) in [5.74, 6) is 1.19. The molecule has 1 aromatic heterocycles. The molecule has 5 nitrogen and oxygen atoms in total. The lowest BCUT2D eigenvalue weighted by Crippen LogP contribution is -2.00. The fraction of sp³-hybridized carbons (Fsp3) is 0.250. The van der Waals surface area contributed by atoms with Gasteiger partial charge in [-0.1, -0.05) is 13.8 Å². The zero-order valence-corrected chi connectivity index (χ0v) is 12.9. The van der Waals surface area contributed by atoms with Crippen LogP contribution in [0.5, 0.6) is 5.75 Å². The monoisotopic (exact) mass is 340 g/mol. The number of benzene rings is 1. The molecular weight excluding hydrogens is 328 g/mol. The number of phenols is 1. The maximum Gasteiger partial charge on any atom is 0.216 e. The SMILES string of the molecule is CC(C)c1n[nH]c(=S)n1/N=C\c1ccc(O)c(Br)c1. The van der Waals surface area contributed by atoms with E-state index in [-0.39, 0.29) is 11.7 Å². The number of phenolic OH excluding ortho intramolecular Hbond substituents is 1. The van der Waals surface area contributed by atoms with Crippen molar-refractivity contribution in [1.82, 2.24) is 14.9 Å². The second-order valence-corrected chi connectivity index (χ2v) is 5.55. The van der Waals surface area contributed by atoms with Gasteiger partial charge in [-0.3, -0.25) is 5.10 Å². The van der Waals surface area contributed by atoms with E-state index < -0.39 is 0 Å². The normalized spacial score (nSPS) is 11.6. The van der Waals surface area contributed by atoms with Gasteiger partial charge in [-0.15, -0.1) is 0 Å². The minimum atomic E-state index is 0.194. The van der Waals surface area contributed by atoms with Crippen molar-refractivity contribution in [2.45, 2.75) is 19.8 Å². The second kappa shape index (κ2) is 5.66. The molecule has 0 aliphatic rings. The molecule has 0 atom stereocenters. The first kappa shape index (κ1) is 14.0. The highest BCUT2D eigenvalue weighted by atomic mass is 79.9. The molecule has 2 aromatic rings. The van der Waals surface area contributed by atoms with Crippen LogP contribution in [0.3, 0.4) is 0 Å². The molecule has 0 saturated heterocycles. The summed E-state index contributed by atoms with van der Waals surface area (Å²) in [7, 11) is 0. The Morgan fingerprint density at radius 3 is 2.89 bits per heavy atom. The van der Waals surface area contributed by atoms with Crippen LogP contribution in [0.4, 0.5) is 0 Å². The van der Waals surface area contributed by atoms with Crippen molar-refractivity contribution in [1.29, 1.82) is 0 Å². The highest BCUT2D eigenvalue weighted by molar-refractivity contribution is 9.10. The first-order valence-electron chi connectivity index (χ1n) is 5.69. The van der Waals surface area contributed by atoms with Crippen molar-refractivity contribution < 1.29 is 5.11 Å². The largest absolute Gasteiger partial charge is 0.507 e. The number of aromatic amines is 1. The molecule has 1 aromatic carbocycles. The van der Waals surface area contributed by atoms with Gasteiger partial charge in [-0.25, -0.2) is 0 Å². The van der Waals surface area contributed by atoms with Gasteiger partial charge in [0.25, 0.3) is 0 Å². The molecule has 0 spiro atoms. The number of aromatic nitrogens is 3. The second-order valence-electron chi connectivity index (χ2n) is 4.31. The van der Waals surface area contributed by atoms with E-state index in [1.807, 2.05) is 13.8 Å². The van der Waals surface area contributed by atoms with Gasteiger partial charge in [-0.2, -0.15) is 14.9 Å². The van der Waals surface area contributed by atoms with Crippen LogP contribution in [0, 0.1) is 4.77 Å². The number of nitrogens with zero attached hydrogens (tertiary/aromatic N) is 3. The topological polar surface area (TPSA) is 66.2 Å². The fourth-order valence-electron chi connectivity index (χ4n) is 1.52. The molecular formula is C12H13BrN4OS. The van der Waals surface area contributed by atoms with Gasteiger partial charge in [0.2, 0.25) is 4.77 Å². The molecule has 0 aliphatic heterocycles. The Morgan fingerprint density at radius 2 is 2.26 bits per heavy atom. The average Bonchev–Trinajstić information content (AvgIpc) is 2.72. The third-order valence-electron chi connectivity index (χ3n) is 2.49. The van der Waals surface area contributed by atoms with E-state index in [4.69, 9.17) is 12.2 Å². The quantitative estimate of drug-likeness (QED) is 0.664. The van der Waals surface area contributed by atoms with Gasteiger partial charge in [0.1, 0.15) is 5.75 Å². The van der Waals surface area contributed by atoms with Crippen LogP contribution in [0.1, 0.15) is 31.2 Å². The predicted octanol–water partition coefficient (Wildman–Crippen LogP) is 3.41. The van der Waals surface area contributed by atoms with E-state index >= 15 is 0 Å². The highest BCUT2D eigenvalue weighted by Gasteiger charge is 2.08. The van der Waals surface area contributed by atoms with Crippen LogP contribution in [-0.4, -0.2) is 26.2 Å². The third kappa shape index (κ3) is 3.10. The zero-order chi connectivity index (χ0) is 14.0. The standard InChI is InChI=1S/C12H13BrN4OS/c1-7(2)11-15-16-12(19)17(11)14-6-8-3-4-10(18)9(13)5-8/h3-7,18H,1-2H3,(H,16,19)/b14-6-. The first-order chi connectivity index (χ1) is 8.99. The van der Waals surface area contributed by atoms with E-state index in [9.17, 15) is 5.11 Å². The average molecular weight is 341 g/mol. The number of halogens is 1. The number of hydrogen-bond donors (Lipinski definition) is 2. The minimum absolute atomic E-state index is 0.194. The molecule has 2 N–H and O–H groups in total. The Morgan fingerprint density at radius 1 is 1.53 bits per heavy atom. The molecule has 0 bridgehead atoms. The van der Waals surface area contributed by atoms with Gasteiger partial charge >= 0.3 is 0 Å². The summed E-state index contributed by atoms with van der Waals surface area (Å²) in [6, 6.07) is 5.14. The van der Waals surface area contributed by atoms with Crippen LogP contribution in [0.2, 0.25) is 0 Å². The van der Waals surface area contributed by atoms with E-state index in [2.05, 4.69) is 31.2 Å². The van der Waals surface area contributed by atoms with Crippen molar-refractivity contribution in [2.75, 3.05) is 0 Å². The molecule has 0 saturated carbocycles. The molecule has 0 amide bonds. The molecule has 1 heterocycles. The van der Waals surface area contributed by atoms with Gasteiger partial charge in [0.15, 0.2) is 5.82 Å². The summed E-state index contributed by atoms with van der Waals surface area (Å²) in [6.07, 6.45) is 1.67. The van der Waals surface area contributed by atoms with Crippen LogP contribution in [0.15, 0.2) is 27.8 Å². The van der Waals surface area contributed by atoms with E-state index in [1.54, 1.807) is 29.1 Å². The van der Waals surface area contributed by atoms with E-state index in [0.29, 0.717) is 9.24 Å². The summed E-state index contributed by atoms with van der Waals surface area (Å²) >= 11 is 8.40. The van der Waals surface area contributed by atoms with E-state index in [0.717, 1.165) is 11.4 Å². The Hall–Kier alpha value is -1.47. The van der Waals surface area contributed by atoms with Crippen LogP contribution in [-0.2, 0) is 0 Å². The smallest absolute Gasteiger partial charge is 0.216 e.